The molecule has 6 heteroatoms. The molecule has 0 fully saturated rings. The number of nitrogens with one attached hydrogen (secondary N) is 2. The number of aromatic amines is 2. The monoisotopic (exact) mass is 414 g/mol. The molecule has 7 rings (SSSR count). The molecule has 0 radical (unpaired) electrons. The van der Waals surface area contributed by atoms with E-state index in [4.69, 9.17) is 4.98 Å². The van der Waals surface area contributed by atoms with E-state index in [1.54, 1.807) is 12.4 Å². The summed E-state index contributed by atoms with van der Waals surface area (Å²) >= 11 is 0. The molecule has 0 amide bonds. The van der Waals surface area contributed by atoms with Gasteiger partial charge in [0.15, 0.2) is 0 Å². The van der Waals surface area contributed by atoms with Crippen LogP contribution >= 0.6 is 0 Å². The Bertz CT molecular complexity index is 1860. The quantitative estimate of drug-likeness (QED) is 0.324. The van der Waals surface area contributed by atoms with Gasteiger partial charge in [0, 0.05) is 28.6 Å². The summed E-state index contributed by atoms with van der Waals surface area (Å²) in [6.07, 6.45) is 3.48. The number of H-pyrrole nitrogens is 2. The fourth-order valence-electron chi connectivity index (χ4n) is 4.81. The number of rotatable bonds is 1. The second kappa shape index (κ2) is 6.11. The van der Waals surface area contributed by atoms with Crippen LogP contribution in [0, 0.1) is 13.8 Å². The minimum Gasteiger partial charge on any atom is -0.342 e. The van der Waals surface area contributed by atoms with Crippen LogP contribution in [0.25, 0.3) is 65.8 Å². The lowest BCUT2D eigenvalue weighted by Crippen LogP contribution is -1.89. The van der Waals surface area contributed by atoms with Crippen LogP contribution in [0.3, 0.4) is 0 Å². The average Bonchev–Trinajstić information content (AvgIpc) is 3.40. The minimum atomic E-state index is 0.850. The van der Waals surface area contributed by atoms with E-state index in [-0.39, 0.29) is 0 Å². The fourth-order valence-corrected chi connectivity index (χ4v) is 4.81. The van der Waals surface area contributed by atoms with Gasteiger partial charge in [0.05, 0.1) is 27.6 Å². The molecule has 0 spiro atoms. The van der Waals surface area contributed by atoms with E-state index in [0.29, 0.717) is 0 Å². The first-order valence-corrected chi connectivity index (χ1v) is 10.6. The summed E-state index contributed by atoms with van der Waals surface area (Å²) in [7, 11) is 0. The van der Waals surface area contributed by atoms with Gasteiger partial charge in [-0.05, 0) is 48.6 Å². The van der Waals surface area contributed by atoms with Crippen LogP contribution in [0.15, 0.2) is 60.9 Å². The summed E-state index contributed by atoms with van der Waals surface area (Å²) in [5.41, 5.74) is 7.98. The zero-order chi connectivity index (χ0) is 21.4. The van der Waals surface area contributed by atoms with Gasteiger partial charge in [0.1, 0.15) is 17.2 Å². The maximum Gasteiger partial charge on any atom is 0.115 e. The van der Waals surface area contributed by atoms with Crippen molar-refractivity contribution in [1.82, 2.24) is 29.9 Å². The van der Waals surface area contributed by atoms with Crippen molar-refractivity contribution in [3.63, 3.8) is 0 Å². The summed E-state index contributed by atoms with van der Waals surface area (Å²) < 4.78 is 0. The Morgan fingerprint density at radius 1 is 0.594 bits per heavy atom. The molecule has 6 nitrogen and oxygen atoms in total. The third kappa shape index (κ3) is 2.34. The number of aromatic nitrogens is 6. The summed E-state index contributed by atoms with van der Waals surface area (Å²) in [5.74, 6) is 1.80. The third-order valence-corrected chi connectivity index (χ3v) is 6.21. The highest BCUT2D eigenvalue weighted by atomic mass is 14.9. The van der Waals surface area contributed by atoms with Gasteiger partial charge in [-0.15, -0.1) is 0 Å². The van der Waals surface area contributed by atoms with Crippen LogP contribution < -0.4 is 0 Å². The Morgan fingerprint density at radius 3 is 2.19 bits per heavy atom. The Morgan fingerprint density at radius 2 is 1.31 bits per heavy atom. The second-order valence-electron chi connectivity index (χ2n) is 8.28. The molecular formula is C26H18N6. The molecule has 7 aromatic rings. The number of aryl methyl sites for hydroxylation is 2. The van der Waals surface area contributed by atoms with E-state index in [1.165, 1.54) is 5.39 Å². The number of fused-ring (bicyclic) bond motifs is 9. The first-order chi connectivity index (χ1) is 15.7. The standard InChI is InChI=1S/C26H18N6/c1-13-29-21-8-5-17-11-15(3-6-18(17)22(21)30-13)16-4-7-19-20(12-16)23-25(28-10-9-27-23)26-24(19)31-14(2)32-26/h3-12H,1-2H3,(H,29,30)(H,31,32). The first-order valence-electron chi connectivity index (χ1n) is 10.6. The lowest BCUT2D eigenvalue weighted by Gasteiger charge is -2.09. The molecule has 3 aromatic heterocycles. The summed E-state index contributed by atoms with van der Waals surface area (Å²) in [6.45, 7) is 3.95. The topological polar surface area (TPSA) is 83.1 Å². The first kappa shape index (κ1) is 17.4. The van der Waals surface area contributed by atoms with Crippen LogP contribution in [0.5, 0.6) is 0 Å². The molecule has 3 heterocycles. The summed E-state index contributed by atoms with van der Waals surface area (Å²) in [6, 6.07) is 17.3. The third-order valence-electron chi connectivity index (χ3n) is 6.21. The van der Waals surface area contributed by atoms with E-state index in [2.05, 4.69) is 73.5 Å². The van der Waals surface area contributed by atoms with E-state index in [1.807, 2.05) is 13.8 Å². The molecule has 0 aliphatic rings. The maximum absolute atomic E-state index is 4.73. The van der Waals surface area contributed by atoms with Gasteiger partial charge in [-0.3, -0.25) is 9.97 Å². The Hall–Kier alpha value is -4.32. The van der Waals surface area contributed by atoms with Crippen LogP contribution in [0.1, 0.15) is 11.6 Å². The van der Waals surface area contributed by atoms with E-state index in [9.17, 15) is 0 Å². The molecule has 32 heavy (non-hydrogen) atoms. The lowest BCUT2D eigenvalue weighted by atomic mass is 9.97. The SMILES string of the molecule is Cc1nc2c(ccc3cc(-c4ccc5c(c4)c4nccnc4c4[nH]c(C)nc54)ccc32)[nH]1. The summed E-state index contributed by atoms with van der Waals surface area (Å²) in [4.78, 5) is 25.3. The van der Waals surface area contributed by atoms with Crippen molar-refractivity contribution in [1.29, 1.82) is 0 Å². The van der Waals surface area contributed by atoms with Crippen LogP contribution in [0.2, 0.25) is 0 Å². The Labute approximate surface area is 182 Å². The van der Waals surface area contributed by atoms with Gasteiger partial charge in [-0.2, -0.15) is 0 Å². The highest BCUT2D eigenvalue weighted by Gasteiger charge is 2.15. The van der Waals surface area contributed by atoms with Crippen molar-refractivity contribution in [2.24, 2.45) is 0 Å². The maximum atomic E-state index is 4.73. The second-order valence-corrected chi connectivity index (χ2v) is 8.28. The van der Waals surface area contributed by atoms with Gasteiger partial charge < -0.3 is 9.97 Å². The van der Waals surface area contributed by atoms with Crippen LogP contribution in [-0.4, -0.2) is 29.9 Å². The minimum absolute atomic E-state index is 0.850. The van der Waals surface area contributed by atoms with Crippen molar-refractivity contribution in [2.45, 2.75) is 13.8 Å². The average molecular weight is 414 g/mol. The molecule has 0 saturated heterocycles. The van der Waals surface area contributed by atoms with E-state index in [0.717, 1.165) is 72.0 Å². The number of hydrogen-bond donors (Lipinski definition) is 2. The molecule has 0 aliphatic heterocycles. The molecule has 2 N–H and O–H groups in total. The van der Waals surface area contributed by atoms with Crippen molar-refractivity contribution >= 4 is 54.6 Å². The number of nitrogens with zero attached hydrogens (tertiary/aromatic N) is 4. The molecule has 0 bridgehead atoms. The number of benzene rings is 4. The predicted molar refractivity (Wildman–Crippen MR) is 129 cm³/mol. The van der Waals surface area contributed by atoms with Gasteiger partial charge >= 0.3 is 0 Å². The molecule has 0 saturated carbocycles. The van der Waals surface area contributed by atoms with Crippen LogP contribution in [-0.2, 0) is 0 Å². The Balaban J connectivity index is 1.50. The fraction of sp³-hybridized carbons (Fsp3) is 0.0769. The number of imidazole rings is 2. The molecule has 4 aromatic carbocycles. The normalized spacial score (nSPS) is 12.1. The molecule has 0 atom stereocenters. The predicted octanol–water partition coefficient (Wildman–Crippen LogP) is 5.97. The lowest BCUT2D eigenvalue weighted by molar-refractivity contribution is 1.17. The number of hydrogen-bond acceptors (Lipinski definition) is 4. The van der Waals surface area contributed by atoms with Crippen molar-refractivity contribution in [2.75, 3.05) is 0 Å². The van der Waals surface area contributed by atoms with Gasteiger partial charge in [0.2, 0.25) is 0 Å². The zero-order valence-electron chi connectivity index (χ0n) is 17.6. The molecule has 0 unspecified atom stereocenters. The van der Waals surface area contributed by atoms with Crippen molar-refractivity contribution in [3.05, 3.63) is 72.6 Å². The van der Waals surface area contributed by atoms with Crippen LogP contribution in [0.4, 0.5) is 0 Å². The zero-order valence-corrected chi connectivity index (χ0v) is 17.6. The highest BCUT2D eigenvalue weighted by molar-refractivity contribution is 6.21. The molecule has 0 aliphatic carbocycles. The van der Waals surface area contributed by atoms with E-state index < -0.39 is 0 Å². The molecular weight excluding hydrogens is 396 g/mol. The van der Waals surface area contributed by atoms with Gasteiger partial charge in [0.25, 0.3) is 0 Å². The van der Waals surface area contributed by atoms with Crippen molar-refractivity contribution < 1.29 is 0 Å². The highest BCUT2D eigenvalue weighted by Crippen LogP contribution is 2.35. The largest absolute Gasteiger partial charge is 0.342 e. The van der Waals surface area contributed by atoms with Gasteiger partial charge in [-0.1, -0.05) is 30.3 Å². The molecule has 152 valence electrons. The Kier molecular flexibility index (Phi) is 3.31. The van der Waals surface area contributed by atoms with E-state index >= 15 is 0 Å². The summed E-state index contributed by atoms with van der Waals surface area (Å²) in [5, 5.41) is 4.46. The smallest absolute Gasteiger partial charge is 0.115 e. The van der Waals surface area contributed by atoms with Gasteiger partial charge in [-0.25, -0.2) is 9.97 Å². The van der Waals surface area contributed by atoms with Crippen molar-refractivity contribution in [3.8, 4) is 11.1 Å².